The van der Waals surface area contributed by atoms with Crippen LogP contribution in [0.3, 0.4) is 0 Å². The lowest BCUT2D eigenvalue weighted by Gasteiger charge is -2.05. The Morgan fingerprint density at radius 1 is 1.00 bits per heavy atom. The highest BCUT2D eigenvalue weighted by molar-refractivity contribution is 6.33. The van der Waals surface area contributed by atoms with Crippen LogP contribution in [0.5, 0.6) is 0 Å². The average Bonchev–Trinajstić information content (AvgIpc) is 2.46. The molecule has 0 spiro atoms. The summed E-state index contributed by atoms with van der Waals surface area (Å²) in [7, 11) is 0. The minimum Gasteiger partial charge on any atom is -0.298 e. The Hall–Kier alpha value is -2.19. The standard InChI is InChI=1S/C16H10ClNO/c17-14-9-12(5-6-13(14)10-19)16-8-7-11-3-1-2-4-15(11)18-16/h1-10H. The van der Waals surface area contributed by atoms with E-state index in [1.54, 1.807) is 12.1 Å². The lowest BCUT2D eigenvalue weighted by molar-refractivity contribution is 0.112. The summed E-state index contributed by atoms with van der Waals surface area (Å²) >= 11 is 6.04. The fourth-order valence-corrected chi connectivity index (χ4v) is 2.23. The molecule has 0 saturated carbocycles. The number of pyridine rings is 1. The van der Waals surface area contributed by atoms with Crippen LogP contribution < -0.4 is 0 Å². The molecule has 2 nitrogen and oxygen atoms in total. The highest BCUT2D eigenvalue weighted by atomic mass is 35.5. The van der Waals surface area contributed by atoms with Crippen molar-refractivity contribution in [2.24, 2.45) is 0 Å². The van der Waals surface area contributed by atoms with E-state index in [0.717, 1.165) is 28.4 Å². The number of para-hydroxylation sites is 1. The molecule has 2 aromatic carbocycles. The number of carbonyl (C=O) groups is 1. The van der Waals surface area contributed by atoms with Gasteiger partial charge in [0.2, 0.25) is 0 Å². The second-order valence-electron chi connectivity index (χ2n) is 4.24. The highest BCUT2D eigenvalue weighted by Crippen LogP contribution is 2.25. The molecule has 1 aromatic heterocycles. The number of rotatable bonds is 2. The van der Waals surface area contributed by atoms with Crippen LogP contribution in [-0.4, -0.2) is 11.3 Å². The summed E-state index contributed by atoms with van der Waals surface area (Å²) in [5, 5.41) is 1.55. The zero-order valence-electron chi connectivity index (χ0n) is 10.0. The van der Waals surface area contributed by atoms with Crippen molar-refractivity contribution >= 4 is 28.8 Å². The molecule has 0 aliphatic carbocycles. The fraction of sp³-hybridized carbons (Fsp3) is 0. The molecule has 92 valence electrons. The SMILES string of the molecule is O=Cc1ccc(-c2ccc3ccccc3n2)cc1Cl. The Morgan fingerprint density at radius 3 is 2.63 bits per heavy atom. The quantitative estimate of drug-likeness (QED) is 0.646. The Kier molecular flexibility index (Phi) is 3.02. The summed E-state index contributed by atoms with van der Waals surface area (Å²) in [5.74, 6) is 0. The van der Waals surface area contributed by atoms with Crippen LogP contribution in [0.25, 0.3) is 22.2 Å². The maximum atomic E-state index is 10.7. The Morgan fingerprint density at radius 2 is 1.84 bits per heavy atom. The first kappa shape index (κ1) is 11.9. The van der Waals surface area contributed by atoms with Gasteiger partial charge in [-0.15, -0.1) is 0 Å². The monoisotopic (exact) mass is 267 g/mol. The van der Waals surface area contributed by atoms with Crippen molar-refractivity contribution in [2.45, 2.75) is 0 Å². The van der Waals surface area contributed by atoms with Gasteiger partial charge in [0.1, 0.15) is 0 Å². The topological polar surface area (TPSA) is 30.0 Å². The van der Waals surface area contributed by atoms with E-state index in [2.05, 4.69) is 4.98 Å². The van der Waals surface area contributed by atoms with Gasteiger partial charge in [-0.3, -0.25) is 4.79 Å². The van der Waals surface area contributed by atoms with E-state index in [1.807, 2.05) is 42.5 Å². The highest BCUT2D eigenvalue weighted by Gasteiger charge is 2.05. The van der Waals surface area contributed by atoms with E-state index in [9.17, 15) is 4.79 Å². The predicted molar refractivity (Wildman–Crippen MR) is 77.6 cm³/mol. The van der Waals surface area contributed by atoms with Gasteiger partial charge < -0.3 is 0 Å². The minimum absolute atomic E-state index is 0.447. The summed E-state index contributed by atoms with van der Waals surface area (Å²) in [5.41, 5.74) is 3.18. The first-order valence-electron chi connectivity index (χ1n) is 5.89. The first-order chi connectivity index (χ1) is 9.28. The molecule has 0 atom stereocenters. The molecular formula is C16H10ClNO. The molecule has 0 N–H and O–H groups in total. The van der Waals surface area contributed by atoms with Gasteiger partial charge in [-0.05, 0) is 24.3 Å². The maximum Gasteiger partial charge on any atom is 0.151 e. The molecule has 0 unspecified atom stereocenters. The van der Waals surface area contributed by atoms with Gasteiger partial charge in [0.05, 0.1) is 16.2 Å². The van der Waals surface area contributed by atoms with Crippen LogP contribution in [0.1, 0.15) is 10.4 Å². The van der Waals surface area contributed by atoms with Crippen LogP contribution in [0.2, 0.25) is 5.02 Å². The zero-order chi connectivity index (χ0) is 13.2. The molecule has 0 amide bonds. The fourth-order valence-electron chi connectivity index (χ4n) is 2.01. The number of aldehydes is 1. The van der Waals surface area contributed by atoms with E-state index < -0.39 is 0 Å². The lowest BCUT2D eigenvalue weighted by atomic mass is 10.1. The smallest absolute Gasteiger partial charge is 0.151 e. The molecule has 0 aliphatic heterocycles. The van der Waals surface area contributed by atoms with Gasteiger partial charge >= 0.3 is 0 Å². The first-order valence-corrected chi connectivity index (χ1v) is 6.26. The molecule has 0 aliphatic rings. The summed E-state index contributed by atoms with van der Waals surface area (Å²) in [6.45, 7) is 0. The lowest BCUT2D eigenvalue weighted by Crippen LogP contribution is -1.87. The molecule has 3 heteroatoms. The molecule has 3 aromatic rings. The summed E-state index contributed by atoms with van der Waals surface area (Å²) in [6.07, 6.45) is 0.750. The number of halogens is 1. The molecule has 0 fully saturated rings. The minimum atomic E-state index is 0.447. The molecule has 3 rings (SSSR count). The summed E-state index contributed by atoms with van der Waals surface area (Å²) in [6, 6.07) is 17.3. The third kappa shape index (κ3) is 2.23. The largest absolute Gasteiger partial charge is 0.298 e. The van der Waals surface area contributed by atoms with Gasteiger partial charge in [-0.2, -0.15) is 0 Å². The van der Waals surface area contributed by atoms with Crippen LogP contribution in [0.15, 0.2) is 54.6 Å². The van der Waals surface area contributed by atoms with Crippen molar-refractivity contribution in [1.82, 2.24) is 4.98 Å². The summed E-state index contributed by atoms with van der Waals surface area (Å²) < 4.78 is 0. The summed E-state index contributed by atoms with van der Waals surface area (Å²) in [4.78, 5) is 15.3. The van der Waals surface area contributed by atoms with E-state index >= 15 is 0 Å². The van der Waals surface area contributed by atoms with Crippen molar-refractivity contribution in [2.75, 3.05) is 0 Å². The second-order valence-corrected chi connectivity index (χ2v) is 4.65. The van der Waals surface area contributed by atoms with Crippen LogP contribution in [0.4, 0.5) is 0 Å². The molecule has 0 radical (unpaired) electrons. The Balaban J connectivity index is 2.13. The predicted octanol–water partition coefficient (Wildman–Crippen LogP) is 4.37. The van der Waals surface area contributed by atoms with E-state index in [-0.39, 0.29) is 0 Å². The van der Waals surface area contributed by atoms with Crippen molar-refractivity contribution in [1.29, 1.82) is 0 Å². The molecule has 1 heterocycles. The molecule has 19 heavy (non-hydrogen) atoms. The number of benzene rings is 2. The number of fused-ring (bicyclic) bond motifs is 1. The third-order valence-corrected chi connectivity index (χ3v) is 3.35. The van der Waals surface area contributed by atoms with E-state index in [4.69, 9.17) is 11.6 Å². The van der Waals surface area contributed by atoms with Crippen molar-refractivity contribution < 1.29 is 4.79 Å². The van der Waals surface area contributed by atoms with Gasteiger partial charge in [0.15, 0.2) is 6.29 Å². The van der Waals surface area contributed by atoms with Crippen LogP contribution in [-0.2, 0) is 0 Å². The number of nitrogens with zero attached hydrogens (tertiary/aromatic N) is 1. The van der Waals surface area contributed by atoms with Crippen molar-refractivity contribution in [3.05, 3.63) is 65.2 Å². The normalized spacial score (nSPS) is 10.6. The van der Waals surface area contributed by atoms with Crippen molar-refractivity contribution in [3.63, 3.8) is 0 Å². The van der Waals surface area contributed by atoms with Crippen molar-refractivity contribution in [3.8, 4) is 11.3 Å². The molecule has 0 saturated heterocycles. The van der Waals surface area contributed by atoms with Gasteiger partial charge in [0.25, 0.3) is 0 Å². The number of hydrogen-bond donors (Lipinski definition) is 0. The average molecular weight is 268 g/mol. The number of aromatic nitrogens is 1. The second kappa shape index (κ2) is 4.82. The molecular weight excluding hydrogens is 258 g/mol. The third-order valence-electron chi connectivity index (χ3n) is 3.02. The van der Waals surface area contributed by atoms with Gasteiger partial charge in [-0.1, -0.05) is 41.9 Å². The zero-order valence-corrected chi connectivity index (χ0v) is 10.8. The van der Waals surface area contributed by atoms with E-state index in [1.165, 1.54) is 0 Å². The molecule has 0 bridgehead atoms. The Labute approximate surface area is 115 Å². The van der Waals surface area contributed by atoms with E-state index in [0.29, 0.717) is 10.6 Å². The number of carbonyl (C=O) groups excluding carboxylic acids is 1. The van der Waals surface area contributed by atoms with Crippen LogP contribution in [0, 0.1) is 0 Å². The number of hydrogen-bond acceptors (Lipinski definition) is 2. The van der Waals surface area contributed by atoms with Crippen LogP contribution >= 0.6 is 11.6 Å². The Bertz CT molecular complexity index is 768. The van der Waals surface area contributed by atoms with Gasteiger partial charge in [0, 0.05) is 16.5 Å². The van der Waals surface area contributed by atoms with Gasteiger partial charge in [-0.25, -0.2) is 4.98 Å². The maximum absolute atomic E-state index is 10.7.